The van der Waals surface area contributed by atoms with Crippen molar-refractivity contribution >= 4 is 39.0 Å². The number of hydrogen-bond donors (Lipinski definition) is 3. The van der Waals surface area contributed by atoms with Crippen molar-refractivity contribution in [3.05, 3.63) is 4.88 Å². The van der Waals surface area contributed by atoms with Gasteiger partial charge in [0.05, 0.1) is 0 Å². The van der Waals surface area contributed by atoms with Crippen molar-refractivity contribution in [2.45, 2.75) is 26.8 Å². The molecule has 6 nitrogen and oxygen atoms in total. The summed E-state index contributed by atoms with van der Waals surface area (Å²) in [6, 6.07) is 0.230. The monoisotopic (exact) mass is 304 g/mol. The molecule has 0 bridgehead atoms. The molecule has 1 atom stereocenters. The summed E-state index contributed by atoms with van der Waals surface area (Å²) in [5.41, 5.74) is 5.71. The van der Waals surface area contributed by atoms with Gasteiger partial charge >= 0.3 is 0 Å². The first kappa shape index (κ1) is 15.9. The first-order valence-corrected chi connectivity index (χ1v) is 8.40. The summed E-state index contributed by atoms with van der Waals surface area (Å²) >= 11 is 1.23. The molecule has 1 aromatic rings. The van der Waals surface area contributed by atoms with Crippen LogP contribution in [0.15, 0.2) is 0 Å². The number of carbonyl (C=O) groups excluding carboxylic acids is 1. The first-order valence-electron chi connectivity index (χ1n) is 6.10. The Kier molecular flexibility index (Phi) is 6.23. The molecule has 1 amide bonds. The fraction of sp³-hybridized carbons (Fsp3) is 0.636. The van der Waals surface area contributed by atoms with Crippen molar-refractivity contribution in [3.8, 4) is 0 Å². The molecule has 108 valence electrons. The van der Waals surface area contributed by atoms with E-state index in [1.165, 1.54) is 11.3 Å². The third kappa shape index (κ3) is 5.15. The minimum absolute atomic E-state index is 0.224. The molecule has 0 spiro atoms. The van der Waals surface area contributed by atoms with Crippen molar-refractivity contribution in [2.24, 2.45) is 0 Å². The lowest BCUT2D eigenvalue weighted by molar-refractivity contribution is 0.0961. The van der Waals surface area contributed by atoms with Crippen LogP contribution in [0, 0.1) is 0 Å². The zero-order chi connectivity index (χ0) is 14.4. The van der Waals surface area contributed by atoms with E-state index < -0.39 is 10.8 Å². The number of nitrogens with two attached hydrogens (primary N) is 1. The second-order valence-electron chi connectivity index (χ2n) is 4.22. The second-order valence-corrected chi connectivity index (χ2v) is 7.09. The normalized spacial score (nSPS) is 12.4. The average Bonchev–Trinajstić information content (AvgIpc) is 2.68. The Morgan fingerprint density at radius 2 is 2.21 bits per heavy atom. The van der Waals surface area contributed by atoms with Crippen LogP contribution in [-0.4, -0.2) is 39.2 Å². The number of hydrogen-bond acceptors (Lipinski definition) is 6. The van der Waals surface area contributed by atoms with Gasteiger partial charge < -0.3 is 16.4 Å². The van der Waals surface area contributed by atoms with E-state index in [1.807, 2.05) is 20.8 Å². The van der Waals surface area contributed by atoms with Crippen molar-refractivity contribution in [1.29, 1.82) is 0 Å². The second kappa shape index (κ2) is 7.44. The zero-order valence-corrected chi connectivity index (χ0v) is 13.0. The number of nitrogens with zero attached hydrogens (tertiary/aromatic N) is 1. The summed E-state index contributed by atoms with van der Waals surface area (Å²) < 4.78 is 11.2. The van der Waals surface area contributed by atoms with E-state index in [0.29, 0.717) is 28.1 Å². The third-order valence-electron chi connectivity index (χ3n) is 2.21. The maximum absolute atomic E-state index is 11.9. The van der Waals surface area contributed by atoms with Gasteiger partial charge in [-0.25, -0.2) is 4.98 Å². The number of nitrogens with one attached hydrogen (secondary N) is 2. The summed E-state index contributed by atoms with van der Waals surface area (Å²) in [6.45, 7) is 6.20. The highest BCUT2D eigenvalue weighted by Gasteiger charge is 2.16. The van der Waals surface area contributed by atoms with Gasteiger partial charge in [-0.2, -0.15) is 0 Å². The first-order chi connectivity index (χ1) is 8.93. The average molecular weight is 304 g/mol. The van der Waals surface area contributed by atoms with Crippen molar-refractivity contribution in [1.82, 2.24) is 10.3 Å². The molecule has 1 heterocycles. The molecule has 0 aliphatic rings. The Bertz CT molecular complexity index is 460. The molecule has 0 fully saturated rings. The Hall–Kier alpha value is -1.15. The van der Waals surface area contributed by atoms with E-state index in [0.717, 1.165) is 0 Å². The van der Waals surface area contributed by atoms with Crippen molar-refractivity contribution in [2.75, 3.05) is 29.1 Å². The fourth-order valence-electron chi connectivity index (χ4n) is 1.31. The fourth-order valence-corrected chi connectivity index (χ4v) is 2.87. The Morgan fingerprint density at radius 3 is 2.79 bits per heavy atom. The number of aromatic nitrogens is 1. The van der Waals surface area contributed by atoms with Gasteiger partial charge in [0.2, 0.25) is 0 Å². The molecule has 0 aliphatic carbocycles. The van der Waals surface area contributed by atoms with Crippen LogP contribution in [0.2, 0.25) is 0 Å². The van der Waals surface area contributed by atoms with Crippen LogP contribution in [0.1, 0.15) is 30.4 Å². The lowest BCUT2D eigenvalue weighted by Crippen LogP contribution is -2.27. The lowest BCUT2D eigenvalue weighted by atomic mass is 10.4. The van der Waals surface area contributed by atoms with E-state index in [1.54, 1.807) is 0 Å². The smallest absolute Gasteiger partial charge is 0.265 e. The zero-order valence-electron chi connectivity index (χ0n) is 11.4. The van der Waals surface area contributed by atoms with E-state index in [4.69, 9.17) is 5.73 Å². The molecule has 1 aromatic heterocycles. The van der Waals surface area contributed by atoms with Gasteiger partial charge in [0, 0.05) is 34.9 Å². The van der Waals surface area contributed by atoms with Gasteiger partial charge in [-0.05, 0) is 13.8 Å². The maximum atomic E-state index is 11.9. The highest BCUT2D eigenvalue weighted by atomic mass is 32.2. The molecule has 0 saturated heterocycles. The molecule has 1 rings (SSSR count). The summed E-state index contributed by atoms with van der Waals surface area (Å²) in [7, 11) is -0.878. The Balaban J connectivity index is 2.57. The largest absolute Gasteiger partial charge is 0.382 e. The minimum Gasteiger partial charge on any atom is -0.382 e. The SMILES string of the molecule is CCS(=O)CCNC(=O)c1sc(NC(C)C)nc1N. The number of amides is 1. The molecule has 0 radical (unpaired) electrons. The van der Waals surface area contributed by atoms with Gasteiger partial charge in [0.25, 0.3) is 5.91 Å². The van der Waals surface area contributed by atoms with Crippen LogP contribution in [0.25, 0.3) is 0 Å². The van der Waals surface area contributed by atoms with Crippen LogP contribution < -0.4 is 16.4 Å². The minimum atomic E-state index is -0.878. The van der Waals surface area contributed by atoms with E-state index >= 15 is 0 Å². The van der Waals surface area contributed by atoms with Gasteiger partial charge in [0.1, 0.15) is 10.7 Å². The quantitative estimate of drug-likeness (QED) is 0.699. The predicted molar refractivity (Wildman–Crippen MR) is 81.2 cm³/mol. The van der Waals surface area contributed by atoms with Crippen LogP contribution in [-0.2, 0) is 10.8 Å². The number of thiazole rings is 1. The highest BCUT2D eigenvalue weighted by molar-refractivity contribution is 7.84. The number of anilines is 2. The highest BCUT2D eigenvalue weighted by Crippen LogP contribution is 2.25. The molecule has 19 heavy (non-hydrogen) atoms. The molecular weight excluding hydrogens is 284 g/mol. The number of nitrogen functional groups attached to an aromatic ring is 1. The Labute approximate surface area is 119 Å². The van der Waals surface area contributed by atoms with Crippen LogP contribution >= 0.6 is 11.3 Å². The standard InChI is InChI=1S/C11H20N4O2S2/c1-4-19(17)6-5-13-10(16)8-9(12)15-11(18-8)14-7(2)3/h7H,4-6,12H2,1-3H3,(H,13,16)(H,14,15). The summed E-state index contributed by atoms with van der Waals surface area (Å²) in [5.74, 6) is 1.01. The molecule has 0 aromatic carbocycles. The molecule has 4 N–H and O–H groups in total. The molecule has 0 saturated carbocycles. The summed E-state index contributed by atoms with van der Waals surface area (Å²) in [6.07, 6.45) is 0. The van der Waals surface area contributed by atoms with Crippen molar-refractivity contribution < 1.29 is 9.00 Å². The van der Waals surface area contributed by atoms with E-state index in [-0.39, 0.29) is 17.8 Å². The van der Waals surface area contributed by atoms with Gasteiger partial charge in [0.15, 0.2) is 5.13 Å². The number of rotatable bonds is 7. The van der Waals surface area contributed by atoms with Crippen molar-refractivity contribution in [3.63, 3.8) is 0 Å². The third-order valence-corrected chi connectivity index (χ3v) is 4.51. The van der Waals surface area contributed by atoms with Gasteiger partial charge in [-0.3, -0.25) is 9.00 Å². The van der Waals surface area contributed by atoms with Gasteiger partial charge in [-0.15, -0.1) is 0 Å². The molecule has 1 unspecified atom stereocenters. The van der Waals surface area contributed by atoms with Crippen LogP contribution in [0.5, 0.6) is 0 Å². The topological polar surface area (TPSA) is 97.1 Å². The van der Waals surface area contributed by atoms with Gasteiger partial charge in [-0.1, -0.05) is 18.3 Å². The number of carbonyl (C=O) groups is 1. The summed E-state index contributed by atoms with van der Waals surface area (Å²) in [5, 5.41) is 6.44. The molecular formula is C11H20N4O2S2. The molecule has 0 aliphatic heterocycles. The predicted octanol–water partition coefficient (Wildman–Crippen LogP) is 1.04. The van der Waals surface area contributed by atoms with E-state index in [2.05, 4.69) is 15.6 Å². The summed E-state index contributed by atoms with van der Waals surface area (Å²) in [4.78, 5) is 16.4. The molecule has 8 heteroatoms. The lowest BCUT2D eigenvalue weighted by Gasteiger charge is -2.04. The van der Waals surface area contributed by atoms with Crippen LogP contribution in [0.4, 0.5) is 10.9 Å². The van der Waals surface area contributed by atoms with E-state index in [9.17, 15) is 9.00 Å². The maximum Gasteiger partial charge on any atom is 0.265 e. The Morgan fingerprint density at radius 1 is 1.53 bits per heavy atom. The van der Waals surface area contributed by atoms with Crippen LogP contribution in [0.3, 0.4) is 0 Å².